The van der Waals surface area contributed by atoms with Gasteiger partial charge in [0.2, 0.25) is 0 Å². The molecule has 1 aliphatic heterocycles. The molecule has 1 aromatic carbocycles. The van der Waals surface area contributed by atoms with Crippen molar-refractivity contribution in [2.75, 3.05) is 20.2 Å². The Morgan fingerprint density at radius 1 is 1.24 bits per heavy atom. The Morgan fingerprint density at radius 2 is 2.04 bits per heavy atom. The van der Waals surface area contributed by atoms with Gasteiger partial charge in [0.05, 0.1) is 6.10 Å². The molecule has 2 atom stereocenters. The summed E-state index contributed by atoms with van der Waals surface area (Å²) >= 11 is 0. The van der Waals surface area contributed by atoms with Crippen LogP contribution in [0.3, 0.4) is 0 Å². The summed E-state index contributed by atoms with van der Waals surface area (Å²) in [5, 5.41) is 0. The van der Waals surface area contributed by atoms with Gasteiger partial charge >= 0.3 is 0 Å². The van der Waals surface area contributed by atoms with E-state index in [-0.39, 0.29) is 12.0 Å². The van der Waals surface area contributed by atoms with Crippen molar-refractivity contribution in [3.8, 4) is 0 Å². The van der Waals surface area contributed by atoms with E-state index >= 15 is 0 Å². The van der Waals surface area contributed by atoms with Crippen LogP contribution in [0.2, 0.25) is 0 Å². The van der Waals surface area contributed by atoms with Crippen molar-refractivity contribution >= 4 is 5.91 Å². The minimum Gasteiger partial charge on any atom is -0.381 e. The highest BCUT2D eigenvalue weighted by Crippen LogP contribution is 2.25. The maximum atomic E-state index is 12.8. The van der Waals surface area contributed by atoms with E-state index in [4.69, 9.17) is 4.74 Å². The number of piperidine rings is 1. The largest absolute Gasteiger partial charge is 0.381 e. The van der Waals surface area contributed by atoms with Gasteiger partial charge in [-0.05, 0) is 49.9 Å². The summed E-state index contributed by atoms with van der Waals surface area (Å²) in [6.07, 6.45) is 3.68. The third kappa shape index (κ3) is 4.26. The van der Waals surface area contributed by atoms with E-state index in [1.165, 1.54) is 11.1 Å². The summed E-state index contributed by atoms with van der Waals surface area (Å²) in [6, 6.07) is 12.3. The highest BCUT2D eigenvalue weighted by Gasteiger charge is 2.32. The zero-order valence-corrected chi connectivity index (χ0v) is 15.2. The van der Waals surface area contributed by atoms with Crippen molar-refractivity contribution in [1.29, 1.82) is 0 Å². The second kappa shape index (κ2) is 7.79. The molecule has 0 saturated carbocycles. The molecule has 0 bridgehead atoms. The van der Waals surface area contributed by atoms with Crippen molar-refractivity contribution in [3.05, 3.63) is 65.0 Å². The zero-order chi connectivity index (χ0) is 17.8. The van der Waals surface area contributed by atoms with Gasteiger partial charge in [0.25, 0.3) is 5.91 Å². The van der Waals surface area contributed by atoms with Crippen LogP contribution < -0.4 is 0 Å². The van der Waals surface area contributed by atoms with Crippen molar-refractivity contribution in [1.82, 2.24) is 9.88 Å². The van der Waals surface area contributed by atoms with E-state index < -0.39 is 0 Å². The quantitative estimate of drug-likeness (QED) is 0.858. The molecule has 1 amide bonds. The smallest absolute Gasteiger partial charge is 0.272 e. The first kappa shape index (κ1) is 17.6. The molecular formula is C21H26N2O2. The maximum Gasteiger partial charge on any atom is 0.272 e. The van der Waals surface area contributed by atoms with Crippen LogP contribution in [0.25, 0.3) is 0 Å². The van der Waals surface area contributed by atoms with Gasteiger partial charge in [0, 0.05) is 32.3 Å². The van der Waals surface area contributed by atoms with E-state index in [0.29, 0.717) is 18.2 Å². The molecular weight excluding hydrogens is 312 g/mol. The summed E-state index contributed by atoms with van der Waals surface area (Å²) in [7, 11) is 1.77. The molecule has 4 nitrogen and oxygen atoms in total. The fourth-order valence-electron chi connectivity index (χ4n) is 3.66. The Bertz CT molecular complexity index is 744. The van der Waals surface area contributed by atoms with Gasteiger partial charge in [0.1, 0.15) is 5.69 Å². The Balaban J connectivity index is 1.74. The molecule has 0 aliphatic carbocycles. The van der Waals surface area contributed by atoms with Crippen molar-refractivity contribution < 1.29 is 9.53 Å². The Kier molecular flexibility index (Phi) is 5.49. The molecule has 1 saturated heterocycles. The van der Waals surface area contributed by atoms with Crippen LogP contribution in [0, 0.1) is 19.8 Å². The SMILES string of the molecule is CO[C@@H]1CCN(C(=O)c2cc(C)ccn2)C[C@H]1Cc1cccc(C)c1. The van der Waals surface area contributed by atoms with Crippen molar-refractivity contribution in [2.24, 2.45) is 5.92 Å². The van der Waals surface area contributed by atoms with Gasteiger partial charge < -0.3 is 9.64 Å². The summed E-state index contributed by atoms with van der Waals surface area (Å²) < 4.78 is 5.71. The molecule has 4 heteroatoms. The lowest BCUT2D eigenvalue weighted by Gasteiger charge is -2.38. The highest BCUT2D eigenvalue weighted by atomic mass is 16.5. The first-order valence-corrected chi connectivity index (χ1v) is 8.87. The van der Waals surface area contributed by atoms with Crippen LogP contribution in [-0.2, 0) is 11.2 Å². The van der Waals surface area contributed by atoms with Crippen LogP contribution in [0.15, 0.2) is 42.6 Å². The molecule has 1 fully saturated rings. The van der Waals surface area contributed by atoms with Crippen LogP contribution in [0.1, 0.15) is 33.6 Å². The predicted octanol–water partition coefficient (Wildman–Crippen LogP) is 3.42. The zero-order valence-electron chi connectivity index (χ0n) is 15.2. The summed E-state index contributed by atoms with van der Waals surface area (Å²) in [5.74, 6) is 0.321. The Labute approximate surface area is 149 Å². The average Bonchev–Trinajstić information content (AvgIpc) is 2.61. The van der Waals surface area contributed by atoms with E-state index in [0.717, 1.165) is 24.9 Å². The number of aromatic nitrogens is 1. The number of hydrogen-bond donors (Lipinski definition) is 0. The molecule has 2 aromatic rings. The number of hydrogen-bond acceptors (Lipinski definition) is 3. The van der Waals surface area contributed by atoms with Crippen LogP contribution in [-0.4, -0.2) is 42.1 Å². The lowest BCUT2D eigenvalue weighted by molar-refractivity contribution is -0.00317. The van der Waals surface area contributed by atoms with E-state index in [9.17, 15) is 4.79 Å². The van der Waals surface area contributed by atoms with Gasteiger partial charge in [-0.1, -0.05) is 29.8 Å². The number of aryl methyl sites for hydroxylation is 2. The summed E-state index contributed by atoms with van der Waals surface area (Å²) in [4.78, 5) is 19.0. The van der Waals surface area contributed by atoms with E-state index in [1.807, 2.05) is 24.0 Å². The molecule has 132 valence electrons. The number of carbonyl (C=O) groups excluding carboxylic acids is 1. The summed E-state index contributed by atoms with van der Waals surface area (Å²) in [6.45, 7) is 5.52. The van der Waals surface area contributed by atoms with Gasteiger partial charge in [-0.15, -0.1) is 0 Å². The number of amides is 1. The van der Waals surface area contributed by atoms with Gasteiger partial charge in [-0.25, -0.2) is 0 Å². The minimum atomic E-state index is 0.0208. The lowest BCUT2D eigenvalue weighted by Crippen LogP contribution is -2.47. The lowest BCUT2D eigenvalue weighted by atomic mass is 9.88. The van der Waals surface area contributed by atoms with Gasteiger partial charge in [-0.2, -0.15) is 0 Å². The number of ether oxygens (including phenoxy) is 1. The molecule has 0 radical (unpaired) electrons. The second-order valence-corrected chi connectivity index (χ2v) is 6.99. The maximum absolute atomic E-state index is 12.8. The summed E-state index contributed by atoms with van der Waals surface area (Å²) in [5.41, 5.74) is 4.15. The van der Waals surface area contributed by atoms with Crippen molar-refractivity contribution in [3.63, 3.8) is 0 Å². The third-order valence-corrected chi connectivity index (χ3v) is 4.97. The molecule has 1 aliphatic rings. The molecule has 1 aromatic heterocycles. The number of rotatable bonds is 4. The monoisotopic (exact) mass is 338 g/mol. The number of likely N-dealkylation sites (tertiary alicyclic amines) is 1. The molecule has 0 N–H and O–H groups in total. The van der Waals surface area contributed by atoms with Crippen molar-refractivity contribution in [2.45, 2.75) is 32.8 Å². The fourth-order valence-corrected chi connectivity index (χ4v) is 3.66. The average molecular weight is 338 g/mol. The Hall–Kier alpha value is -2.20. The number of pyridine rings is 1. The number of methoxy groups -OCH3 is 1. The molecule has 0 spiro atoms. The van der Waals surface area contributed by atoms with Crippen LogP contribution in [0.4, 0.5) is 0 Å². The predicted molar refractivity (Wildman–Crippen MR) is 98.7 cm³/mol. The van der Waals surface area contributed by atoms with E-state index in [1.54, 1.807) is 13.3 Å². The standard InChI is InChI=1S/C21H26N2O2/c1-15-5-4-6-17(11-15)13-18-14-23(10-8-20(18)25-3)21(24)19-12-16(2)7-9-22-19/h4-7,9,11-12,18,20H,8,10,13-14H2,1-3H3/t18-,20-/m1/s1. The second-order valence-electron chi connectivity index (χ2n) is 6.99. The number of nitrogens with zero attached hydrogens (tertiary/aromatic N) is 2. The molecule has 25 heavy (non-hydrogen) atoms. The third-order valence-electron chi connectivity index (χ3n) is 4.97. The van der Waals surface area contributed by atoms with Crippen LogP contribution >= 0.6 is 0 Å². The molecule has 0 unspecified atom stereocenters. The fraction of sp³-hybridized carbons (Fsp3) is 0.429. The molecule has 3 rings (SSSR count). The normalized spacial score (nSPS) is 20.5. The Morgan fingerprint density at radius 3 is 2.76 bits per heavy atom. The van der Waals surface area contributed by atoms with E-state index in [2.05, 4.69) is 36.2 Å². The first-order valence-electron chi connectivity index (χ1n) is 8.87. The van der Waals surface area contributed by atoms with Gasteiger partial charge in [-0.3, -0.25) is 9.78 Å². The minimum absolute atomic E-state index is 0.0208. The number of carbonyl (C=O) groups is 1. The van der Waals surface area contributed by atoms with Crippen LogP contribution in [0.5, 0.6) is 0 Å². The van der Waals surface area contributed by atoms with Gasteiger partial charge in [0.15, 0.2) is 0 Å². The highest BCUT2D eigenvalue weighted by molar-refractivity contribution is 5.92. The topological polar surface area (TPSA) is 42.4 Å². The first-order chi connectivity index (χ1) is 12.1. The number of benzene rings is 1. The molecule has 2 heterocycles.